The minimum Gasteiger partial charge on any atom is -0.507 e. The Morgan fingerprint density at radius 2 is 1.44 bits per heavy atom. The normalized spacial score (nSPS) is 26.8. The number of allylic oxidation sites excluding steroid dienone is 2. The quantitative estimate of drug-likeness (QED) is 0.148. The number of rotatable bonds is 4. The summed E-state index contributed by atoms with van der Waals surface area (Å²) in [6, 6.07) is 32.2. The van der Waals surface area contributed by atoms with E-state index >= 15 is 9.59 Å². The molecule has 0 radical (unpaired) electrons. The highest BCUT2D eigenvalue weighted by Crippen LogP contribution is 2.65. The van der Waals surface area contributed by atoms with Crippen LogP contribution in [0.5, 0.6) is 5.75 Å². The van der Waals surface area contributed by atoms with Gasteiger partial charge in [0.05, 0.1) is 34.5 Å². The number of hydrogen-bond acceptors (Lipinski definition) is 5. The van der Waals surface area contributed by atoms with Gasteiger partial charge in [0.2, 0.25) is 23.6 Å². The highest BCUT2D eigenvalue weighted by Gasteiger charge is 2.70. The van der Waals surface area contributed by atoms with Gasteiger partial charge in [-0.1, -0.05) is 108 Å². The SMILES string of the molecule is Cc1ccc(N2C(=O)C3CC=C4C(CC5C(=O)N(c6cccc(Cl)c6)C(=O)C5(c5ccccc5)C4c4ccc(O)c5ccccc45)C3C2=O)cc1Cl. The van der Waals surface area contributed by atoms with Gasteiger partial charge in [-0.05, 0) is 84.2 Å². The minimum atomic E-state index is -1.43. The zero-order chi connectivity index (χ0) is 36.1. The van der Waals surface area contributed by atoms with Crippen LogP contribution in [0.2, 0.25) is 10.0 Å². The van der Waals surface area contributed by atoms with E-state index in [0.29, 0.717) is 38.8 Å². The topological polar surface area (TPSA) is 95.0 Å². The smallest absolute Gasteiger partial charge is 0.246 e. The maximum Gasteiger partial charge on any atom is 0.246 e. The van der Waals surface area contributed by atoms with Crippen molar-refractivity contribution < 1.29 is 24.3 Å². The predicted octanol–water partition coefficient (Wildman–Crippen LogP) is 8.53. The molecule has 2 heterocycles. The third kappa shape index (κ3) is 4.45. The lowest BCUT2D eigenvalue weighted by Gasteiger charge is -2.51. The summed E-state index contributed by atoms with van der Waals surface area (Å²) in [5, 5.41) is 13.2. The highest BCUT2D eigenvalue weighted by atomic mass is 35.5. The Morgan fingerprint density at radius 3 is 2.19 bits per heavy atom. The van der Waals surface area contributed by atoms with E-state index < -0.39 is 35.0 Å². The number of halogens is 2. The van der Waals surface area contributed by atoms with Gasteiger partial charge in [-0.3, -0.25) is 19.2 Å². The van der Waals surface area contributed by atoms with E-state index in [1.165, 1.54) is 9.80 Å². The Bertz CT molecular complexity index is 2410. The first-order valence-corrected chi connectivity index (χ1v) is 18.1. The molecule has 7 nitrogen and oxygen atoms in total. The van der Waals surface area contributed by atoms with E-state index in [2.05, 4.69) is 0 Å². The van der Waals surface area contributed by atoms with Crippen molar-refractivity contribution in [3.05, 3.63) is 148 Å². The minimum absolute atomic E-state index is 0.0908. The molecule has 1 saturated carbocycles. The average molecular weight is 728 g/mol. The number of carbonyl (C=O) groups is 4. The number of imide groups is 2. The van der Waals surface area contributed by atoms with Crippen LogP contribution < -0.4 is 9.80 Å². The molecular weight excluding hydrogens is 695 g/mol. The molecule has 0 bridgehead atoms. The summed E-state index contributed by atoms with van der Waals surface area (Å²) < 4.78 is 0. The fourth-order valence-corrected chi connectivity index (χ4v) is 9.98. The molecule has 6 atom stereocenters. The van der Waals surface area contributed by atoms with Crippen LogP contribution in [0.25, 0.3) is 10.8 Å². The Hall–Kier alpha value is -5.24. The molecule has 6 unspecified atom stereocenters. The molecule has 4 amide bonds. The lowest BCUT2D eigenvalue weighted by molar-refractivity contribution is -0.127. The van der Waals surface area contributed by atoms with Crippen molar-refractivity contribution in [2.75, 3.05) is 9.80 Å². The van der Waals surface area contributed by atoms with Crippen molar-refractivity contribution in [1.29, 1.82) is 0 Å². The predicted molar refractivity (Wildman–Crippen MR) is 200 cm³/mol. The summed E-state index contributed by atoms with van der Waals surface area (Å²) in [6.07, 6.45) is 2.51. The van der Waals surface area contributed by atoms with Crippen molar-refractivity contribution in [1.82, 2.24) is 0 Å². The fraction of sp³-hybridized carbons (Fsp3) is 0.209. The molecule has 2 aliphatic carbocycles. The summed E-state index contributed by atoms with van der Waals surface area (Å²) in [6.45, 7) is 1.86. The summed E-state index contributed by atoms with van der Waals surface area (Å²) in [7, 11) is 0. The number of benzene rings is 5. The molecular formula is C43H32Cl2N2O5. The number of hydrogen-bond donors (Lipinski definition) is 1. The highest BCUT2D eigenvalue weighted by molar-refractivity contribution is 6.33. The van der Waals surface area contributed by atoms with Crippen LogP contribution in [0.4, 0.5) is 11.4 Å². The molecule has 52 heavy (non-hydrogen) atoms. The maximum atomic E-state index is 15.5. The van der Waals surface area contributed by atoms with Gasteiger partial charge >= 0.3 is 0 Å². The third-order valence-corrected chi connectivity index (χ3v) is 12.5. The van der Waals surface area contributed by atoms with Crippen LogP contribution in [0.1, 0.15) is 35.4 Å². The number of anilines is 2. The van der Waals surface area contributed by atoms with Gasteiger partial charge in [0.25, 0.3) is 0 Å². The first kappa shape index (κ1) is 32.7. The second-order valence-electron chi connectivity index (χ2n) is 14.3. The molecule has 2 aliphatic heterocycles. The van der Waals surface area contributed by atoms with Gasteiger partial charge < -0.3 is 5.11 Å². The van der Waals surface area contributed by atoms with E-state index in [9.17, 15) is 14.7 Å². The Balaban J connectivity index is 1.30. The second-order valence-corrected chi connectivity index (χ2v) is 15.1. The first-order valence-electron chi connectivity index (χ1n) is 17.4. The first-order chi connectivity index (χ1) is 25.1. The van der Waals surface area contributed by atoms with Crippen molar-refractivity contribution >= 4 is 69.0 Å². The van der Waals surface area contributed by atoms with Crippen LogP contribution in [-0.4, -0.2) is 28.7 Å². The van der Waals surface area contributed by atoms with Crippen LogP contribution in [0.3, 0.4) is 0 Å². The van der Waals surface area contributed by atoms with Crippen molar-refractivity contribution in [2.24, 2.45) is 23.7 Å². The number of amides is 4. The molecule has 3 fully saturated rings. The molecule has 9 rings (SSSR count). The Kier molecular flexibility index (Phi) is 7.47. The standard InChI is InChI=1S/C43H32Cl2N2O5/c1-23-14-15-27(21-35(23)45)46-39(49)32-17-16-31-33(37(32)41(46)51)22-34-40(50)47(26-11-7-10-25(44)20-26)42(52)43(34,24-8-3-2-4-9-24)38(31)30-18-19-36(48)29-13-6-5-12-28(29)30/h2-16,18-21,32-34,37-38,48H,17,22H2,1H3. The molecule has 1 N–H and O–H groups in total. The second kappa shape index (κ2) is 11.9. The molecule has 258 valence electrons. The van der Waals surface area contributed by atoms with E-state index in [-0.39, 0.29) is 35.8 Å². The number of carbonyl (C=O) groups excluding carboxylic acids is 4. The maximum absolute atomic E-state index is 15.5. The number of phenolic OH excluding ortho intramolecular Hbond substituents is 1. The van der Waals surface area contributed by atoms with Crippen molar-refractivity contribution in [3.63, 3.8) is 0 Å². The van der Waals surface area contributed by atoms with Gasteiger partial charge in [0.15, 0.2) is 0 Å². The summed E-state index contributed by atoms with van der Waals surface area (Å²) in [4.78, 5) is 61.9. The van der Waals surface area contributed by atoms with Crippen LogP contribution >= 0.6 is 23.2 Å². The lowest BCUT2D eigenvalue weighted by Crippen LogP contribution is -2.53. The van der Waals surface area contributed by atoms with Gasteiger partial charge in [-0.15, -0.1) is 0 Å². The average Bonchev–Trinajstić information content (AvgIpc) is 3.54. The van der Waals surface area contributed by atoms with Crippen LogP contribution in [0, 0.1) is 30.6 Å². The van der Waals surface area contributed by atoms with E-state index in [1.54, 1.807) is 48.5 Å². The van der Waals surface area contributed by atoms with E-state index in [0.717, 1.165) is 22.1 Å². The molecule has 5 aromatic carbocycles. The summed E-state index contributed by atoms with van der Waals surface area (Å²) in [5.74, 6) is -4.86. The van der Waals surface area contributed by atoms with E-state index in [1.807, 2.05) is 73.7 Å². The molecule has 4 aliphatic rings. The molecule has 9 heteroatoms. The van der Waals surface area contributed by atoms with Gasteiger partial charge in [0.1, 0.15) is 5.75 Å². The number of phenols is 1. The van der Waals surface area contributed by atoms with Crippen LogP contribution in [-0.2, 0) is 24.6 Å². The molecule has 0 spiro atoms. The molecule has 5 aromatic rings. The largest absolute Gasteiger partial charge is 0.507 e. The molecule has 0 aromatic heterocycles. The van der Waals surface area contributed by atoms with Crippen molar-refractivity contribution in [2.45, 2.75) is 31.1 Å². The zero-order valence-electron chi connectivity index (χ0n) is 28.0. The summed E-state index contributed by atoms with van der Waals surface area (Å²) >= 11 is 12.9. The van der Waals surface area contributed by atoms with Gasteiger partial charge in [-0.25, -0.2) is 9.80 Å². The lowest BCUT2D eigenvalue weighted by atomic mass is 9.49. The zero-order valence-corrected chi connectivity index (χ0v) is 29.5. The number of nitrogens with zero attached hydrogens (tertiary/aromatic N) is 2. The third-order valence-electron chi connectivity index (χ3n) is 11.8. The van der Waals surface area contributed by atoms with Gasteiger partial charge in [0, 0.05) is 21.3 Å². The van der Waals surface area contributed by atoms with Gasteiger partial charge in [-0.2, -0.15) is 0 Å². The number of fused-ring (bicyclic) bond motifs is 5. The number of aromatic hydroxyl groups is 1. The van der Waals surface area contributed by atoms with Crippen molar-refractivity contribution in [3.8, 4) is 5.75 Å². The molecule has 2 saturated heterocycles. The van der Waals surface area contributed by atoms with Crippen LogP contribution in [0.15, 0.2) is 121 Å². The monoisotopic (exact) mass is 726 g/mol. The summed E-state index contributed by atoms with van der Waals surface area (Å²) in [5.41, 5.74) is 2.46. The number of aryl methyl sites for hydroxylation is 1. The Morgan fingerprint density at radius 1 is 0.712 bits per heavy atom. The van der Waals surface area contributed by atoms with E-state index in [4.69, 9.17) is 23.2 Å². The Labute approximate surface area is 310 Å². The fourth-order valence-electron chi connectivity index (χ4n) is 9.62.